The van der Waals surface area contributed by atoms with Crippen molar-refractivity contribution in [2.75, 3.05) is 7.11 Å². The van der Waals surface area contributed by atoms with Gasteiger partial charge in [-0.3, -0.25) is 0 Å². The standard InChI is InChI=1S/C14H26O8/c1-5-8(15)10(17)12(7(3)20-5)22-14-11(18)13(19-4)9(16)6(2)21-14/h5-18H,1-4H3/t5?,6?,7?,8-,9-,10?,11?,12?,13?,14+/m0/s1. The van der Waals surface area contributed by atoms with Crippen LogP contribution in [0.3, 0.4) is 0 Å². The summed E-state index contributed by atoms with van der Waals surface area (Å²) < 4.78 is 21.7. The van der Waals surface area contributed by atoms with Gasteiger partial charge in [0.2, 0.25) is 0 Å². The predicted molar refractivity (Wildman–Crippen MR) is 74.0 cm³/mol. The van der Waals surface area contributed by atoms with Crippen molar-refractivity contribution in [3.63, 3.8) is 0 Å². The van der Waals surface area contributed by atoms with Crippen LogP contribution in [0.5, 0.6) is 0 Å². The molecule has 2 fully saturated rings. The molecule has 4 N–H and O–H groups in total. The normalized spacial score (nSPS) is 53.5. The van der Waals surface area contributed by atoms with E-state index >= 15 is 0 Å². The molecule has 0 saturated carbocycles. The van der Waals surface area contributed by atoms with Crippen molar-refractivity contribution >= 4 is 0 Å². The smallest absolute Gasteiger partial charge is 0.187 e. The minimum atomic E-state index is -1.23. The summed E-state index contributed by atoms with van der Waals surface area (Å²) in [6.07, 6.45) is -8.94. The highest BCUT2D eigenvalue weighted by molar-refractivity contribution is 4.93. The van der Waals surface area contributed by atoms with Crippen LogP contribution in [0.25, 0.3) is 0 Å². The molecule has 0 spiro atoms. The van der Waals surface area contributed by atoms with E-state index in [1.807, 2.05) is 0 Å². The van der Waals surface area contributed by atoms with Crippen LogP contribution < -0.4 is 0 Å². The second-order valence-corrected chi connectivity index (χ2v) is 6.02. The third-order valence-corrected chi connectivity index (χ3v) is 4.40. The number of hydrogen-bond donors (Lipinski definition) is 4. The van der Waals surface area contributed by atoms with Crippen molar-refractivity contribution in [1.82, 2.24) is 0 Å². The van der Waals surface area contributed by atoms with Gasteiger partial charge in [-0.15, -0.1) is 0 Å². The van der Waals surface area contributed by atoms with Crippen molar-refractivity contribution in [1.29, 1.82) is 0 Å². The highest BCUT2D eigenvalue weighted by atomic mass is 16.7. The van der Waals surface area contributed by atoms with Crippen molar-refractivity contribution in [2.24, 2.45) is 0 Å². The molecular weight excluding hydrogens is 296 g/mol. The lowest BCUT2D eigenvalue weighted by atomic mass is 9.95. The van der Waals surface area contributed by atoms with Gasteiger partial charge in [0.25, 0.3) is 0 Å². The van der Waals surface area contributed by atoms with Crippen LogP contribution >= 0.6 is 0 Å². The Morgan fingerprint density at radius 3 is 1.86 bits per heavy atom. The average Bonchev–Trinajstić information content (AvgIpc) is 2.47. The lowest BCUT2D eigenvalue weighted by Crippen LogP contribution is -2.62. The van der Waals surface area contributed by atoms with Crippen molar-refractivity contribution in [3.05, 3.63) is 0 Å². The number of aliphatic hydroxyl groups is 4. The van der Waals surface area contributed by atoms with E-state index in [2.05, 4.69) is 0 Å². The lowest BCUT2D eigenvalue weighted by molar-refractivity contribution is -0.335. The van der Waals surface area contributed by atoms with Gasteiger partial charge in [-0.1, -0.05) is 0 Å². The fourth-order valence-corrected chi connectivity index (χ4v) is 2.98. The molecule has 0 bridgehead atoms. The molecule has 0 aliphatic carbocycles. The zero-order valence-electron chi connectivity index (χ0n) is 13.2. The molecule has 8 heteroatoms. The largest absolute Gasteiger partial charge is 0.388 e. The van der Waals surface area contributed by atoms with E-state index in [1.165, 1.54) is 7.11 Å². The molecule has 0 aromatic heterocycles. The maximum absolute atomic E-state index is 10.2. The number of hydrogen-bond acceptors (Lipinski definition) is 8. The average molecular weight is 322 g/mol. The maximum Gasteiger partial charge on any atom is 0.187 e. The topological polar surface area (TPSA) is 118 Å². The summed E-state index contributed by atoms with van der Waals surface area (Å²) in [5.74, 6) is 0. The summed E-state index contributed by atoms with van der Waals surface area (Å²) in [5.41, 5.74) is 0. The summed E-state index contributed by atoms with van der Waals surface area (Å²) in [5, 5.41) is 40.2. The Morgan fingerprint density at radius 1 is 0.682 bits per heavy atom. The molecule has 2 rings (SSSR count). The fraction of sp³-hybridized carbons (Fsp3) is 1.00. The molecule has 2 heterocycles. The molecule has 10 atom stereocenters. The summed E-state index contributed by atoms with van der Waals surface area (Å²) in [4.78, 5) is 0. The number of ether oxygens (including phenoxy) is 4. The van der Waals surface area contributed by atoms with E-state index in [1.54, 1.807) is 20.8 Å². The first-order chi connectivity index (χ1) is 10.3. The third-order valence-electron chi connectivity index (χ3n) is 4.40. The SMILES string of the molecule is COC1C(O)[C@@H](OC2C(C)OC(C)[C@H](O)C2O)OC(C)[C@@H]1O. The molecule has 130 valence electrons. The van der Waals surface area contributed by atoms with E-state index < -0.39 is 61.2 Å². The molecule has 0 aromatic rings. The van der Waals surface area contributed by atoms with Crippen LogP contribution in [0.4, 0.5) is 0 Å². The summed E-state index contributed by atoms with van der Waals surface area (Å²) >= 11 is 0. The monoisotopic (exact) mass is 322 g/mol. The summed E-state index contributed by atoms with van der Waals surface area (Å²) in [6.45, 7) is 5.00. The van der Waals surface area contributed by atoms with Gasteiger partial charge in [0.1, 0.15) is 36.6 Å². The Bertz CT molecular complexity index is 367. The van der Waals surface area contributed by atoms with E-state index in [0.717, 1.165) is 0 Å². The minimum Gasteiger partial charge on any atom is -0.388 e. The molecule has 2 saturated heterocycles. The van der Waals surface area contributed by atoms with Crippen molar-refractivity contribution < 1.29 is 39.4 Å². The van der Waals surface area contributed by atoms with Crippen LogP contribution in [0.15, 0.2) is 0 Å². The second kappa shape index (κ2) is 7.06. The van der Waals surface area contributed by atoms with Gasteiger partial charge in [-0.05, 0) is 20.8 Å². The Labute approximate surface area is 129 Å². The van der Waals surface area contributed by atoms with E-state index in [-0.39, 0.29) is 0 Å². The van der Waals surface area contributed by atoms with Crippen LogP contribution in [0.1, 0.15) is 20.8 Å². The minimum absolute atomic E-state index is 0.493. The first-order valence-corrected chi connectivity index (χ1v) is 7.49. The van der Waals surface area contributed by atoms with Gasteiger partial charge < -0.3 is 39.4 Å². The van der Waals surface area contributed by atoms with E-state index in [0.29, 0.717) is 0 Å². The molecule has 2 aliphatic rings. The van der Waals surface area contributed by atoms with Crippen LogP contribution in [-0.4, -0.2) is 88.8 Å². The molecule has 22 heavy (non-hydrogen) atoms. The first-order valence-electron chi connectivity index (χ1n) is 7.49. The third kappa shape index (κ3) is 3.29. The zero-order valence-corrected chi connectivity index (χ0v) is 13.2. The quantitative estimate of drug-likeness (QED) is 0.490. The van der Waals surface area contributed by atoms with Crippen molar-refractivity contribution in [3.8, 4) is 0 Å². The summed E-state index contributed by atoms with van der Waals surface area (Å²) in [7, 11) is 1.37. The van der Waals surface area contributed by atoms with E-state index in [9.17, 15) is 20.4 Å². The predicted octanol–water partition coefficient (Wildman–Crippen LogP) is -1.62. The maximum atomic E-state index is 10.2. The Morgan fingerprint density at radius 2 is 1.27 bits per heavy atom. The van der Waals surface area contributed by atoms with Crippen molar-refractivity contribution in [2.45, 2.75) is 82.0 Å². The van der Waals surface area contributed by atoms with Gasteiger partial charge in [0.05, 0.1) is 18.3 Å². The molecule has 0 aromatic carbocycles. The highest BCUT2D eigenvalue weighted by Crippen LogP contribution is 2.29. The second-order valence-electron chi connectivity index (χ2n) is 6.02. The molecular formula is C14H26O8. The number of rotatable bonds is 3. The molecule has 7 unspecified atom stereocenters. The van der Waals surface area contributed by atoms with Gasteiger partial charge in [-0.25, -0.2) is 0 Å². The van der Waals surface area contributed by atoms with Crippen LogP contribution in [0, 0.1) is 0 Å². The van der Waals surface area contributed by atoms with Gasteiger partial charge >= 0.3 is 0 Å². The van der Waals surface area contributed by atoms with Crippen LogP contribution in [-0.2, 0) is 18.9 Å². The molecule has 0 amide bonds. The fourth-order valence-electron chi connectivity index (χ4n) is 2.98. The summed E-state index contributed by atoms with van der Waals surface area (Å²) in [6, 6.07) is 0. The first kappa shape index (κ1) is 18.0. The lowest BCUT2D eigenvalue weighted by Gasteiger charge is -2.45. The van der Waals surface area contributed by atoms with Gasteiger partial charge in [0.15, 0.2) is 6.29 Å². The molecule has 2 aliphatic heterocycles. The van der Waals surface area contributed by atoms with Gasteiger partial charge in [0, 0.05) is 7.11 Å². The molecule has 8 nitrogen and oxygen atoms in total. The molecule has 0 radical (unpaired) electrons. The Kier molecular flexibility index (Phi) is 5.79. The van der Waals surface area contributed by atoms with Crippen LogP contribution in [0.2, 0.25) is 0 Å². The highest BCUT2D eigenvalue weighted by Gasteiger charge is 2.48. The van der Waals surface area contributed by atoms with Gasteiger partial charge in [-0.2, -0.15) is 0 Å². The van der Waals surface area contributed by atoms with E-state index in [4.69, 9.17) is 18.9 Å². The Hall–Kier alpha value is -0.320. The Balaban J connectivity index is 2.08. The number of methoxy groups -OCH3 is 1. The number of aliphatic hydroxyl groups excluding tert-OH is 4. The zero-order chi connectivity index (χ0) is 16.6.